The topological polar surface area (TPSA) is 26.0 Å². The molecule has 2 N–H and O–H groups in total. The van der Waals surface area contributed by atoms with Crippen LogP contribution in [0, 0.1) is 5.82 Å². The van der Waals surface area contributed by atoms with Crippen molar-refractivity contribution in [1.29, 1.82) is 0 Å². The van der Waals surface area contributed by atoms with E-state index in [4.69, 9.17) is 5.73 Å². The number of halogens is 1. The Labute approximate surface area is 68.5 Å². The molecule has 64 valence electrons. The van der Waals surface area contributed by atoms with E-state index in [1.54, 1.807) is 12.1 Å². The second kappa shape index (κ2) is 5.86. The molecule has 0 radical (unpaired) electrons. The maximum Gasteiger partial charge on any atom is 0.123 e. The largest absolute Gasteiger partial charge is 0.326 e. The minimum atomic E-state index is -0.216. The first-order valence-electron chi connectivity index (χ1n) is 3.77. The second-order valence-electron chi connectivity index (χ2n) is 1.83. The van der Waals surface area contributed by atoms with Crippen molar-refractivity contribution in [3.63, 3.8) is 0 Å². The lowest BCUT2D eigenvalue weighted by atomic mass is 10.2. The quantitative estimate of drug-likeness (QED) is 0.666. The average molecular weight is 157 g/mol. The molecule has 0 aliphatic heterocycles. The van der Waals surface area contributed by atoms with Gasteiger partial charge in [-0.2, -0.15) is 0 Å². The standard InChI is InChI=1S/C7H8FN.C2H6.H2/c8-7-3-1-6(5-9)2-4-7;1-2;/h1-4H,5,9H2;1-2H3;1H. The Morgan fingerprint density at radius 2 is 1.73 bits per heavy atom. The number of benzene rings is 1. The fourth-order valence-electron chi connectivity index (χ4n) is 0.620. The first-order valence-corrected chi connectivity index (χ1v) is 3.77. The van der Waals surface area contributed by atoms with E-state index in [-0.39, 0.29) is 7.24 Å². The maximum atomic E-state index is 12.2. The van der Waals surface area contributed by atoms with Crippen molar-refractivity contribution in [2.45, 2.75) is 20.4 Å². The highest BCUT2D eigenvalue weighted by Crippen LogP contribution is 2.00. The molecule has 1 rings (SSSR count). The molecule has 1 aromatic rings. The van der Waals surface area contributed by atoms with Crippen molar-refractivity contribution in [2.24, 2.45) is 5.73 Å². The summed E-state index contributed by atoms with van der Waals surface area (Å²) in [7, 11) is 0. The molecule has 0 saturated carbocycles. The van der Waals surface area contributed by atoms with Crippen molar-refractivity contribution in [3.8, 4) is 0 Å². The lowest BCUT2D eigenvalue weighted by molar-refractivity contribution is 0.627. The minimum absolute atomic E-state index is 0. The van der Waals surface area contributed by atoms with Crippen molar-refractivity contribution >= 4 is 0 Å². The Morgan fingerprint density at radius 3 is 2.09 bits per heavy atom. The van der Waals surface area contributed by atoms with Crippen molar-refractivity contribution in [3.05, 3.63) is 35.6 Å². The molecule has 0 aliphatic rings. The third-order valence-electron chi connectivity index (χ3n) is 1.15. The fraction of sp³-hybridized carbons (Fsp3) is 0.333. The Morgan fingerprint density at radius 1 is 1.27 bits per heavy atom. The molecule has 0 saturated heterocycles. The fourth-order valence-corrected chi connectivity index (χ4v) is 0.620. The molecule has 0 aliphatic carbocycles. The van der Waals surface area contributed by atoms with Crippen molar-refractivity contribution < 1.29 is 5.82 Å². The van der Waals surface area contributed by atoms with Gasteiger partial charge in [-0.25, -0.2) is 4.39 Å². The van der Waals surface area contributed by atoms with Gasteiger partial charge in [0.1, 0.15) is 5.82 Å². The SMILES string of the molecule is CC.NCc1ccc(F)cc1.[HH]. The molecular weight excluding hydrogens is 141 g/mol. The summed E-state index contributed by atoms with van der Waals surface area (Å²) in [4.78, 5) is 0. The molecule has 1 nitrogen and oxygen atoms in total. The second-order valence-corrected chi connectivity index (χ2v) is 1.83. The third kappa shape index (κ3) is 3.73. The van der Waals surface area contributed by atoms with E-state index in [1.165, 1.54) is 12.1 Å². The molecular formula is C9H16FN. The molecule has 0 bridgehead atoms. The van der Waals surface area contributed by atoms with Crippen LogP contribution in [0.2, 0.25) is 0 Å². The predicted molar refractivity (Wildman–Crippen MR) is 47.8 cm³/mol. The zero-order chi connectivity index (χ0) is 8.69. The molecule has 0 aromatic heterocycles. The summed E-state index contributed by atoms with van der Waals surface area (Å²) >= 11 is 0. The molecule has 0 unspecified atom stereocenters. The van der Waals surface area contributed by atoms with Crippen molar-refractivity contribution in [1.82, 2.24) is 0 Å². The maximum absolute atomic E-state index is 12.2. The summed E-state index contributed by atoms with van der Waals surface area (Å²) in [5.41, 5.74) is 6.23. The molecule has 2 heteroatoms. The summed E-state index contributed by atoms with van der Waals surface area (Å²) in [5.74, 6) is -0.216. The van der Waals surface area contributed by atoms with Crippen LogP contribution in [0.1, 0.15) is 20.8 Å². The molecule has 0 fully saturated rings. The zero-order valence-electron chi connectivity index (χ0n) is 6.97. The smallest absolute Gasteiger partial charge is 0.123 e. The van der Waals surface area contributed by atoms with Gasteiger partial charge >= 0.3 is 0 Å². The van der Waals surface area contributed by atoms with Gasteiger partial charge in [0.25, 0.3) is 0 Å². The van der Waals surface area contributed by atoms with Crippen LogP contribution in [-0.4, -0.2) is 0 Å². The predicted octanol–water partition coefficient (Wildman–Crippen LogP) is 2.56. The first-order chi connectivity index (χ1) is 5.33. The van der Waals surface area contributed by atoms with Gasteiger partial charge in [0.05, 0.1) is 0 Å². The van der Waals surface area contributed by atoms with Crippen molar-refractivity contribution in [2.75, 3.05) is 0 Å². The highest BCUT2D eigenvalue weighted by molar-refractivity contribution is 5.15. The van der Waals surface area contributed by atoms with Crippen LogP contribution < -0.4 is 5.73 Å². The van der Waals surface area contributed by atoms with Crippen LogP contribution in [0.4, 0.5) is 4.39 Å². The van der Waals surface area contributed by atoms with Gasteiger partial charge in [-0.15, -0.1) is 0 Å². The first kappa shape index (κ1) is 10.1. The summed E-state index contributed by atoms with van der Waals surface area (Å²) < 4.78 is 12.2. The van der Waals surface area contributed by atoms with E-state index in [0.717, 1.165) is 5.56 Å². The lowest BCUT2D eigenvalue weighted by Gasteiger charge is -1.92. The molecule has 0 spiro atoms. The molecule has 11 heavy (non-hydrogen) atoms. The molecule has 1 aromatic carbocycles. The van der Waals surface area contributed by atoms with E-state index < -0.39 is 0 Å². The Balaban J connectivity index is 0. The van der Waals surface area contributed by atoms with Crippen LogP contribution in [0.25, 0.3) is 0 Å². The van der Waals surface area contributed by atoms with Gasteiger partial charge in [0, 0.05) is 7.97 Å². The number of hydrogen-bond donors (Lipinski definition) is 1. The van der Waals surface area contributed by atoms with Crippen LogP contribution in [-0.2, 0) is 6.54 Å². The number of nitrogens with two attached hydrogens (primary N) is 1. The highest BCUT2D eigenvalue weighted by Gasteiger charge is 1.87. The van der Waals surface area contributed by atoms with Gasteiger partial charge in [0.15, 0.2) is 0 Å². The summed E-state index contributed by atoms with van der Waals surface area (Å²) in [5, 5.41) is 0. The summed E-state index contributed by atoms with van der Waals surface area (Å²) in [6.07, 6.45) is 0. The molecule has 0 heterocycles. The van der Waals surface area contributed by atoms with Gasteiger partial charge < -0.3 is 5.73 Å². The number of hydrogen-bond acceptors (Lipinski definition) is 1. The minimum Gasteiger partial charge on any atom is -0.326 e. The van der Waals surface area contributed by atoms with Gasteiger partial charge in [-0.05, 0) is 17.7 Å². The Kier molecular flexibility index (Phi) is 5.39. The summed E-state index contributed by atoms with van der Waals surface area (Å²) in [6.45, 7) is 4.47. The monoisotopic (exact) mass is 157 g/mol. The van der Waals surface area contributed by atoms with Gasteiger partial charge in [-0.3, -0.25) is 0 Å². The third-order valence-corrected chi connectivity index (χ3v) is 1.15. The summed E-state index contributed by atoms with van der Waals surface area (Å²) in [6, 6.07) is 6.16. The zero-order valence-corrected chi connectivity index (χ0v) is 6.97. The number of rotatable bonds is 1. The van der Waals surface area contributed by atoms with E-state index >= 15 is 0 Å². The normalized spacial score (nSPS) is 8.36. The van der Waals surface area contributed by atoms with Crippen LogP contribution in [0.5, 0.6) is 0 Å². The average Bonchev–Trinajstić information content (AvgIpc) is 2.10. The van der Waals surface area contributed by atoms with E-state index in [1.807, 2.05) is 13.8 Å². The van der Waals surface area contributed by atoms with Crippen LogP contribution >= 0.6 is 0 Å². The van der Waals surface area contributed by atoms with Crippen LogP contribution in [0.15, 0.2) is 24.3 Å². The highest BCUT2D eigenvalue weighted by atomic mass is 19.1. The molecule has 0 amide bonds. The Hall–Kier alpha value is -0.890. The Bertz CT molecular complexity index is 186. The molecule has 0 atom stereocenters. The van der Waals surface area contributed by atoms with Crippen LogP contribution in [0.3, 0.4) is 0 Å². The van der Waals surface area contributed by atoms with Gasteiger partial charge in [0.2, 0.25) is 0 Å². The van der Waals surface area contributed by atoms with Gasteiger partial charge in [-0.1, -0.05) is 26.0 Å². The van der Waals surface area contributed by atoms with E-state index in [2.05, 4.69) is 0 Å². The lowest BCUT2D eigenvalue weighted by Crippen LogP contribution is -1.94. The van der Waals surface area contributed by atoms with E-state index in [9.17, 15) is 4.39 Å². The van der Waals surface area contributed by atoms with E-state index in [0.29, 0.717) is 6.54 Å².